The number of nitrogens with one attached hydrogen (secondary N) is 1. The maximum absolute atomic E-state index is 13.9. The highest BCUT2D eigenvalue weighted by atomic mass is 19.1. The van der Waals surface area contributed by atoms with Gasteiger partial charge in [-0.2, -0.15) is 0 Å². The van der Waals surface area contributed by atoms with Gasteiger partial charge in [-0.1, -0.05) is 0 Å². The molecule has 19 heavy (non-hydrogen) atoms. The molecule has 1 aromatic rings. The van der Waals surface area contributed by atoms with Crippen molar-refractivity contribution in [3.05, 3.63) is 24.1 Å². The topological polar surface area (TPSA) is 37.4 Å². The lowest BCUT2D eigenvalue weighted by Gasteiger charge is -2.39. The fourth-order valence-electron chi connectivity index (χ4n) is 3.07. The highest BCUT2D eigenvalue weighted by molar-refractivity contribution is 5.40. The number of hydrogen-bond donors (Lipinski definition) is 1. The van der Waals surface area contributed by atoms with Gasteiger partial charge in [0.2, 0.25) is 0 Å². The summed E-state index contributed by atoms with van der Waals surface area (Å²) in [4.78, 5) is 6.23. The number of rotatable bonds is 1. The Bertz CT molecular complexity index is 434. The third-order valence-corrected chi connectivity index (χ3v) is 4.04. The molecule has 0 amide bonds. The molecule has 1 aromatic heterocycles. The third kappa shape index (κ3) is 2.72. The van der Waals surface area contributed by atoms with Crippen LogP contribution in [0.15, 0.2) is 18.3 Å². The largest absolute Gasteiger partial charge is 0.379 e. The second kappa shape index (κ2) is 5.43. The zero-order valence-electron chi connectivity index (χ0n) is 11.1. The summed E-state index contributed by atoms with van der Waals surface area (Å²) in [5.41, 5.74) is 0.0959. The number of anilines is 1. The molecule has 0 saturated carbocycles. The van der Waals surface area contributed by atoms with Crippen LogP contribution < -0.4 is 10.2 Å². The van der Waals surface area contributed by atoms with Gasteiger partial charge < -0.3 is 15.0 Å². The minimum absolute atomic E-state index is 0.0959. The maximum atomic E-state index is 13.9. The zero-order chi connectivity index (χ0) is 13.1. The first kappa shape index (κ1) is 12.8. The Kier molecular flexibility index (Phi) is 3.66. The van der Waals surface area contributed by atoms with Gasteiger partial charge in [-0.05, 0) is 31.5 Å². The maximum Gasteiger partial charge on any atom is 0.165 e. The van der Waals surface area contributed by atoms with E-state index in [1.54, 1.807) is 12.3 Å². The van der Waals surface area contributed by atoms with Crippen molar-refractivity contribution >= 4 is 5.82 Å². The van der Waals surface area contributed by atoms with E-state index in [2.05, 4.69) is 10.3 Å². The standard InChI is InChI=1S/C14H20FN3O/c15-12-3-1-6-17-13(12)18-7-8-19-11-14(10-18)4-2-5-16-9-14/h1,3,6,16H,2,4-5,7-11H2/t14-/m1/s1. The van der Waals surface area contributed by atoms with Gasteiger partial charge in [0.05, 0.1) is 13.2 Å². The Morgan fingerprint density at radius 3 is 3.21 bits per heavy atom. The molecule has 1 spiro atoms. The summed E-state index contributed by atoms with van der Waals surface area (Å²) in [5.74, 6) is 0.210. The molecule has 2 fully saturated rings. The average molecular weight is 265 g/mol. The fraction of sp³-hybridized carbons (Fsp3) is 0.643. The third-order valence-electron chi connectivity index (χ3n) is 4.04. The van der Waals surface area contributed by atoms with Crippen LogP contribution >= 0.6 is 0 Å². The van der Waals surface area contributed by atoms with Crippen molar-refractivity contribution < 1.29 is 9.13 Å². The Balaban J connectivity index is 1.83. The van der Waals surface area contributed by atoms with Crippen LogP contribution in [0.1, 0.15) is 12.8 Å². The van der Waals surface area contributed by atoms with Crippen LogP contribution in [0.3, 0.4) is 0 Å². The van der Waals surface area contributed by atoms with Crippen LogP contribution in [0.4, 0.5) is 10.2 Å². The molecule has 3 rings (SSSR count). The number of aromatic nitrogens is 1. The number of piperidine rings is 1. The summed E-state index contributed by atoms with van der Waals surface area (Å²) in [6, 6.07) is 3.10. The number of pyridine rings is 1. The lowest BCUT2D eigenvalue weighted by atomic mass is 9.81. The van der Waals surface area contributed by atoms with Gasteiger partial charge in [0.1, 0.15) is 0 Å². The average Bonchev–Trinajstić information content (AvgIpc) is 2.63. The first-order valence-corrected chi connectivity index (χ1v) is 6.93. The predicted octanol–water partition coefficient (Wildman–Crippen LogP) is 1.43. The van der Waals surface area contributed by atoms with E-state index in [0.29, 0.717) is 19.0 Å². The molecule has 1 N–H and O–H groups in total. The molecule has 3 heterocycles. The van der Waals surface area contributed by atoms with Crippen LogP contribution in [0.2, 0.25) is 0 Å². The van der Waals surface area contributed by atoms with Crippen molar-refractivity contribution in [3.8, 4) is 0 Å². The SMILES string of the molecule is Fc1cccnc1N1CCOC[C@@]2(CCCNC2)C1. The molecular formula is C14H20FN3O. The molecule has 1 atom stereocenters. The summed E-state index contributed by atoms with van der Waals surface area (Å²) in [6.45, 7) is 4.92. The minimum atomic E-state index is -0.247. The predicted molar refractivity (Wildman–Crippen MR) is 71.8 cm³/mol. The van der Waals surface area contributed by atoms with Crippen LogP contribution in [0, 0.1) is 11.2 Å². The van der Waals surface area contributed by atoms with E-state index < -0.39 is 0 Å². The smallest absolute Gasteiger partial charge is 0.165 e. The van der Waals surface area contributed by atoms with Crippen LogP contribution in [0.25, 0.3) is 0 Å². The van der Waals surface area contributed by atoms with Gasteiger partial charge in [0.15, 0.2) is 11.6 Å². The van der Waals surface area contributed by atoms with E-state index in [4.69, 9.17) is 4.74 Å². The lowest BCUT2D eigenvalue weighted by Crippen LogP contribution is -2.49. The second-order valence-electron chi connectivity index (χ2n) is 5.56. The van der Waals surface area contributed by atoms with E-state index in [1.807, 2.05) is 4.90 Å². The number of ether oxygens (including phenoxy) is 1. The van der Waals surface area contributed by atoms with Crippen molar-refractivity contribution in [1.29, 1.82) is 0 Å². The van der Waals surface area contributed by atoms with Crippen LogP contribution in [-0.4, -0.2) is 44.4 Å². The molecule has 0 aromatic carbocycles. The molecule has 5 heteroatoms. The molecular weight excluding hydrogens is 245 g/mol. The Morgan fingerprint density at radius 1 is 1.47 bits per heavy atom. The summed E-state index contributed by atoms with van der Waals surface area (Å²) in [6.07, 6.45) is 3.93. The van der Waals surface area contributed by atoms with Gasteiger partial charge in [-0.3, -0.25) is 0 Å². The molecule has 0 radical (unpaired) electrons. The summed E-state index contributed by atoms with van der Waals surface area (Å²) >= 11 is 0. The minimum Gasteiger partial charge on any atom is -0.379 e. The molecule has 0 aliphatic carbocycles. The first-order chi connectivity index (χ1) is 9.29. The van der Waals surface area contributed by atoms with Gasteiger partial charge in [0, 0.05) is 31.2 Å². The summed E-state index contributed by atoms with van der Waals surface area (Å²) in [5, 5.41) is 3.44. The highest BCUT2D eigenvalue weighted by Gasteiger charge is 2.36. The molecule has 2 aliphatic heterocycles. The lowest BCUT2D eigenvalue weighted by molar-refractivity contribution is 0.0536. The number of halogens is 1. The van der Waals surface area contributed by atoms with Gasteiger partial charge in [-0.25, -0.2) is 9.37 Å². The molecule has 0 bridgehead atoms. The Morgan fingerprint density at radius 2 is 2.42 bits per heavy atom. The monoisotopic (exact) mass is 265 g/mol. The normalized spacial score (nSPS) is 28.4. The van der Waals surface area contributed by atoms with Gasteiger partial charge in [0.25, 0.3) is 0 Å². The Hall–Kier alpha value is -1.20. The first-order valence-electron chi connectivity index (χ1n) is 6.93. The molecule has 2 saturated heterocycles. The van der Waals surface area contributed by atoms with Crippen LogP contribution in [-0.2, 0) is 4.74 Å². The fourth-order valence-corrected chi connectivity index (χ4v) is 3.07. The number of hydrogen-bond acceptors (Lipinski definition) is 4. The molecule has 4 nitrogen and oxygen atoms in total. The zero-order valence-corrected chi connectivity index (χ0v) is 11.1. The van der Waals surface area contributed by atoms with Crippen molar-refractivity contribution in [1.82, 2.24) is 10.3 Å². The summed E-state index contributed by atoms with van der Waals surface area (Å²) < 4.78 is 19.6. The van der Waals surface area contributed by atoms with Crippen molar-refractivity contribution in [2.45, 2.75) is 12.8 Å². The highest BCUT2D eigenvalue weighted by Crippen LogP contribution is 2.31. The quantitative estimate of drug-likeness (QED) is 0.833. The molecule has 0 unspecified atom stereocenters. The van der Waals surface area contributed by atoms with Crippen molar-refractivity contribution in [2.75, 3.05) is 44.3 Å². The van der Waals surface area contributed by atoms with Crippen LogP contribution in [0.5, 0.6) is 0 Å². The van der Waals surface area contributed by atoms with Gasteiger partial charge in [-0.15, -0.1) is 0 Å². The van der Waals surface area contributed by atoms with E-state index in [-0.39, 0.29) is 11.2 Å². The van der Waals surface area contributed by atoms with E-state index >= 15 is 0 Å². The van der Waals surface area contributed by atoms with E-state index in [0.717, 1.165) is 39.1 Å². The molecule has 104 valence electrons. The molecule has 2 aliphatic rings. The van der Waals surface area contributed by atoms with E-state index in [9.17, 15) is 4.39 Å². The Labute approximate surface area is 113 Å². The number of nitrogens with zero attached hydrogens (tertiary/aromatic N) is 2. The van der Waals surface area contributed by atoms with Crippen molar-refractivity contribution in [2.24, 2.45) is 5.41 Å². The summed E-state index contributed by atoms with van der Waals surface area (Å²) in [7, 11) is 0. The van der Waals surface area contributed by atoms with E-state index in [1.165, 1.54) is 6.07 Å². The second-order valence-corrected chi connectivity index (χ2v) is 5.56. The van der Waals surface area contributed by atoms with Crippen molar-refractivity contribution in [3.63, 3.8) is 0 Å². The van der Waals surface area contributed by atoms with Gasteiger partial charge >= 0.3 is 0 Å².